The minimum atomic E-state index is -0.0515. The van der Waals surface area contributed by atoms with E-state index < -0.39 is 0 Å². The van der Waals surface area contributed by atoms with Crippen molar-refractivity contribution in [3.8, 4) is 0 Å². The third kappa shape index (κ3) is 4.72. The van der Waals surface area contributed by atoms with Gasteiger partial charge in [0, 0.05) is 24.1 Å². The number of carbonyl (C=O) groups excluding carboxylic acids is 1. The van der Waals surface area contributed by atoms with Crippen molar-refractivity contribution in [2.45, 2.75) is 39.9 Å². The molecule has 0 saturated carbocycles. The number of anilines is 1. The first-order valence-corrected chi connectivity index (χ1v) is 7.14. The van der Waals surface area contributed by atoms with Crippen LogP contribution in [-0.4, -0.2) is 21.5 Å². The van der Waals surface area contributed by atoms with Crippen LogP contribution in [0.2, 0.25) is 0 Å². The number of imidazole rings is 1. The van der Waals surface area contributed by atoms with E-state index >= 15 is 0 Å². The summed E-state index contributed by atoms with van der Waals surface area (Å²) in [6, 6.07) is 8.16. The number of hydrogen-bond acceptors (Lipinski definition) is 3. The van der Waals surface area contributed by atoms with Gasteiger partial charge in [-0.3, -0.25) is 4.79 Å². The minimum Gasteiger partial charge on any atom is -0.325 e. The van der Waals surface area contributed by atoms with E-state index in [1.165, 1.54) is 0 Å². The molecule has 2 aromatic rings. The Bertz CT molecular complexity index is 604. The van der Waals surface area contributed by atoms with E-state index in [4.69, 9.17) is 0 Å². The van der Waals surface area contributed by atoms with E-state index in [0.717, 1.165) is 17.1 Å². The van der Waals surface area contributed by atoms with E-state index in [2.05, 4.69) is 29.5 Å². The average molecular weight is 286 g/mol. The van der Waals surface area contributed by atoms with Crippen molar-refractivity contribution in [1.82, 2.24) is 14.9 Å². The number of hydrogen-bond donors (Lipinski definition) is 2. The van der Waals surface area contributed by atoms with Gasteiger partial charge in [-0.15, -0.1) is 0 Å². The van der Waals surface area contributed by atoms with Gasteiger partial charge in [0.25, 0.3) is 0 Å². The maximum Gasteiger partial charge on any atom is 0.244 e. The lowest BCUT2D eigenvalue weighted by Gasteiger charge is -2.11. The van der Waals surface area contributed by atoms with Crippen LogP contribution in [0.25, 0.3) is 0 Å². The lowest BCUT2D eigenvalue weighted by Crippen LogP contribution is -2.26. The fourth-order valence-corrected chi connectivity index (χ4v) is 2.02. The standard InChI is InChI=1S/C16H22N4O/c1-12(2)18-10-15-17-7-8-20(15)11-16(21)19-14-6-4-5-13(3)9-14/h4-9,12,18H,10-11H2,1-3H3,(H,19,21). The third-order valence-corrected chi connectivity index (χ3v) is 3.09. The van der Waals surface area contributed by atoms with Gasteiger partial charge >= 0.3 is 0 Å². The molecule has 0 spiro atoms. The van der Waals surface area contributed by atoms with Gasteiger partial charge in [0.05, 0.1) is 6.54 Å². The van der Waals surface area contributed by atoms with Crippen LogP contribution >= 0.6 is 0 Å². The second-order valence-corrected chi connectivity index (χ2v) is 5.42. The molecule has 1 aromatic heterocycles. The van der Waals surface area contributed by atoms with Gasteiger partial charge in [-0.2, -0.15) is 0 Å². The van der Waals surface area contributed by atoms with Crippen LogP contribution in [0.1, 0.15) is 25.2 Å². The Morgan fingerprint density at radius 1 is 1.38 bits per heavy atom. The highest BCUT2D eigenvalue weighted by Crippen LogP contribution is 2.09. The van der Waals surface area contributed by atoms with Crippen LogP contribution < -0.4 is 10.6 Å². The van der Waals surface area contributed by atoms with Gasteiger partial charge < -0.3 is 15.2 Å². The number of nitrogens with one attached hydrogen (secondary N) is 2. The summed E-state index contributed by atoms with van der Waals surface area (Å²) in [5.41, 5.74) is 1.94. The molecule has 0 aliphatic heterocycles. The van der Waals surface area contributed by atoms with Crippen molar-refractivity contribution in [2.75, 3.05) is 5.32 Å². The van der Waals surface area contributed by atoms with Crippen molar-refractivity contribution in [3.05, 3.63) is 48.0 Å². The topological polar surface area (TPSA) is 59.0 Å². The maximum atomic E-state index is 12.1. The van der Waals surface area contributed by atoms with Crippen LogP contribution in [0.15, 0.2) is 36.7 Å². The molecule has 5 nitrogen and oxygen atoms in total. The van der Waals surface area contributed by atoms with Gasteiger partial charge in [-0.25, -0.2) is 4.98 Å². The second kappa shape index (κ2) is 7.04. The number of nitrogens with zero attached hydrogens (tertiary/aromatic N) is 2. The fraction of sp³-hybridized carbons (Fsp3) is 0.375. The quantitative estimate of drug-likeness (QED) is 0.857. The molecule has 0 aliphatic carbocycles. The first-order valence-electron chi connectivity index (χ1n) is 7.14. The van der Waals surface area contributed by atoms with Crippen LogP contribution in [0.3, 0.4) is 0 Å². The van der Waals surface area contributed by atoms with Crippen molar-refractivity contribution < 1.29 is 4.79 Å². The number of aryl methyl sites for hydroxylation is 1. The van der Waals surface area contributed by atoms with Gasteiger partial charge in [0.2, 0.25) is 5.91 Å². The minimum absolute atomic E-state index is 0.0515. The summed E-state index contributed by atoms with van der Waals surface area (Å²) in [7, 11) is 0. The van der Waals surface area contributed by atoms with Crippen LogP contribution in [-0.2, 0) is 17.9 Å². The van der Waals surface area contributed by atoms with Crippen molar-refractivity contribution in [1.29, 1.82) is 0 Å². The van der Waals surface area contributed by atoms with Gasteiger partial charge in [-0.05, 0) is 24.6 Å². The molecular weight excluding hydrogens is 264 g/mol. The number of amides is 1. The molecule has 0 fully saturated rings. The molecule has 0 bridgehead atoms. The molecule has 1 amide bonds. The molecule has 5 heteroatoms. The summed E-state index contributed by atoms with van der Waals surface area (Å²) in [4.78, 5) is 16.4. The fourth-order valence-electron chi connectivity index (χ4n) is 2.02. The van der Waals surface area contributed by atoms with Crippen molar-refractivity contribution in [2.24, 2.45) is 0 Å². The average Bonchev–Trinajstić information content (AvgIpc) is 2.83. The van der Waals surface area contributed by atoms with Gasteiger partial charge in [0.1, 0.15) is 12.4 Å². The largest absolute Gasteiger partial charge is 0.325 e. The predicted molar refractivity (Wildman–Crippen MR) is 84.0 cm³/mol. The smallest absolute Gasteiger partial charge is 0.244 e. The molecule has 0 saturated heterocycles. The monoisotopic (exact) mass is 286 g/mol. The number of aromatic nitrogens is 2. The molecule has 1 heterocycles. The molecule has 0 radical (unpaired) electrons. The summed E-state index contributed by atoms with van der Waals surface area (Å²) < 4.78 is 1.86. The SMILES string of the molecule is Cc1cccc(NC(=O)Cn2ccnc2CNC(C)C)c1. The van der Waals surface area contributed by atoms with Gasteiger partial charge in [0.15, 0.2) is 0 Å². The molecule has 2 rings (SSSR count). The highest BCUT2D eigenvalue weighted by atomic mass is 16.1. The first-order chi connectivity index (χ1) is 10.0. The number of carbonyl (C=O) groups is 1. The number of benzene rings is 1. The molecular formula is C16H22N4O. The number of rotatable bonds is 6. The van der Waals surface area contributed by atoms with E-state index in [9.17, 15) is 4.79 Å². The van der Waals surface area contributed by atoms with Crippen LogP contribution in [0, 0.1) is 6.92 Å². The van der Waals surface area contributed by atoms with Gasteiger partial charge in [-0.1, -0.05) is 26.0 Å². The summed E-state index contributed by atoms with van der Waals surface area (Å²) in [6.45, 7) is 7.09. The molecule has 112 valence electrons. The molecule has 21 heavy (non-hydrogen) atoms. The molecule has 1 aromatic carbocycles. The zero-order valence-corrected chi connectivity index (χ0v) is 12.8. The lowest BCUT2D eigenvalue weighted by atomic mass is 10.2. The zero-order chi connectivity index (χ0) is 15.2. The summed E-state index contributed by atoms with van der Waals surface area (Å²) in [5.74, 6) is 0.812. The summed E-state index contributed by atoms with van der Waals surface area (Å²) in [5, 5.41) is 6.21. The molecule has 0 atom stereocenters. The van der Waals surface area contributed by atoms with E-state index in [1.54, 1.807) is 6.20 Å². The predicted octanol–water partition coefficient (Wildman–Crippen LogP) is 2.33. The Morgan fingerprint density at radius 3 is 2.90 bits per heavy atom. The maximum absolute atomic E-state index is 12.1. The molecule has 0 unspecified atom stereocenters. The summed E-state index contributed by atoms with van der Waals surface area (Å²) >= 11 is 0. The van der Waals surface area contributed by atoms with Crippen LogP contribution in [0.5, 0.6) is 0 Å². The Labute approximate surface area is 125 Å². The first kappa shape index (κ1) is 15.3. The Kier molecular flexibility index (Phi) is 5.11. The normalized spacial score (nSPS) is 10.9. The highest BCUT2D eigenvalue weighted by molar-refractivity contribution is 5.90. The lowest BCUT2D eigenvalue weighted by molar-refractivity contribution is -0.116. The van der Waals surface area contributed by atoms with E-state index in [-0.39, 0.29) is 12.5 Å². The Balaban J connectivity index is 1.95. The van der Waals surface area contributed by atoms with Crippen molar-refractivity contribution >= 4 is 11.6 Å². The Hall–Kier alpha value is -2.14. The third-order valence-electron chi connectivity index (χ3n) is 3.09. The summed E-state index contributed by atoms with van der Waals surface area (Å²) in [6.07, 6.45) is 3.55. The van der Waals surface area contributed by atoms with Crippen molar-refractivity contribution in [3.63, 3.8) is 0 Å². The Morgan fingerprint density at radius 2 is 2.19 bits per heavy atom. The zero-order valence-electron chi connectivity index (χ0n) is 12.8. The van der Waals surface area contributed by atoms with E-state index in [1.807, 2.05) is 42.0 Å². The molecule has 0 aliphatic rings. The van der Waals surface area contributed by atoms with E-state index in [0.29, 0.717) is 12.6 Å². The van der Waals surface area contributed by atoms with Crippen LogP contribution in [0.4, 0.5) is 5.69 Å². The second-order valence-electron chi connectivity index (χ2n) is 5.42. The molecule has 2 N–H and O–H groups in total. The highest BCUT2D eigenvalue weighted by Gasteiger charge is 2.08.